The maximum Gasteiger partial charge on any atom is 0.278 e. The number of benzene rings is 2. The van der Waals surface area contributed by atoms with Crippen molar-refractivity contribution in [3.05, 3.63) is 95.4 Å². The maximum absolute atomic E-state index is 13.6. The molecule has 0 radical (unpaired) electrons. The van der Waals surface area contributed by atoms with Crippen molar-refractivity contribution >= 4 is 39.6 Å². The molecule has 8 heteroatoms. The summed E-state index contributed by atoms with van der Waals surface area (Å²) in [5.41, 5.74) is 2.78. The van der Waals surface area contributed by atoms with Gasteiger partial charge in [-0.25, -0.2) is 14.4 Å². The van der Waals surface area contributed by atoms with Crippen LogP contribution < -0.4 is 14.7 Å². The van der Waals surface area contributed by atoms with Crippen LogP contribution in [0.15, 0.2) is 78.3 Å². The van der Waals surface area contributed by atoms with Crippen LogP contribution in [0, 0.1) is 5.82 Å². The highest BCUT2D eigenvalue weighted by Gasteiger charge is 2.22. The first-order valence-electron chi connectivity index (χ1n) is 11.5. The zero-order valence-electron chi connectivity index (χ0n) is 20.1. The largest absolute Gasteiger partial charge is 0.357 e. The van der Waals surface area contributed by atoms with Crippen LogP contribution in [0.4, 0.5) is 26.7 Å². The fourth-order valence-electron chi connectivity index (χ4n) is 3.75. The Morgan fingerprint density at radius 3 is 2.29 bits per heavy atom. The number of para-hydroxylation sites is 1. The van der Waals surface area contributed by atoms with Gasteiger partial charge in [0.05, 0.1) is 6.54 Å². The highest BCUT2D eigenvalue weighted by atomic mass is 32.1. The normalized spacial score (nSPS) is 10.7. The third-order valence-corrected chi connectivity index (χ3v) is 6.68. The molecule has 0 fully saturated rings. The highest BCUT2D eigenvalue weighted by molar-refractivity contribution is 7.14. The standard InChI is InChI=1S/C27H28FN5OS/c1-4-32(5-2)25-16-11-20(17-29-25)18-33(23-14-12-21(28)13-15-23)26(34)24-19-35-27(30-24)31(3)22-9-7-6-8-10-22/h6-17,19H,4-5,18H2,1-3H3. The number of anilines is 4. The summed E-state index contributed by atoms with van der Waals surface area (Å²) in [5, 5.41) is 2.47. The average molecular weight is 490 g/mol. The lowest BCUT2D eigenvalue weighted by Crippen LogP contribution is -2.31. The summed E-state index contributed by atoms with van der Waals surface area (Å²) >= 11 is 1.40. The molecule has 4 rings (SSSR count). The Bertz CT molecular complexity index is 1240. The van der Waals surface area contributed by atoms with Gasteiger partial charge in [-0.05, 0) is 61.9 Å². The Labute approximate surface area is 209 Å². The minimum Gasteiger partial charge on any atom is -0.357 e. The third kappa shape index (κ3) is 5.66. The Morgan fingerprint density at radius 2 is 1.66 bits per heavy atom. The maximum atomic E-state index is 13.6. The van der Waals surface area contributed by atoms with E-state index in [1.165, 1.54) is 23.5 Å². The third-order valence-electron chi connectivity index (χ3n) is 5.76. The summed E-state index contributed by atoms with van der Waals surface area (Å²) in [4.78, 5) is 28.5. The van der Waals surface area contributed by atoms with E-state index in [1.54, 1.807) is 28.6 Å². The van der Waals surface area contributed by atoms with Gasteiger partial charge >= 0.3 is 0 Å². The van der Waals surface area contributed by atoms with Crippen LogP contribution in [0.1, 0.15) is 29.9 Å². The summed E-state index contributed by atoms with van der Waals surface area (Å²) in [6.45, 7) is 6.20. The number of halogens is 1. The molecular weight excluding hydrogens is 461 g/mol. The van der Waals surface area contributed by atoms with Gasteiger partial charge in [0.1, 0.15) is 17.3 Å². The van der Waals surface area contributed by atoms with Crippen LogP contribution in [0.25, 0.3) is 0 Å². The number of amides is 1. The van der Waals surface area contributed by atoms with Crippen LogP contribution in [0.5, 0.6) is 0 Å². The number of thiazole rings is 1. The predicted octanol–water partition coefficient (Wildman–Crippen LogP) is 6.14. The first-order valence-corrected chi connectivity index (χ1v) is 12.4. The zero-order valence-corrected chi connectivity index (χ0v) is 20.9. The van der Waals surface area contributed by atoms with E-state index in [0.29, 0.717) is 16.5 Å². The summed E-state index contributed by atoms with van der Waals surface area (Å²) < 4.78 is 13.6. The predicted molar refractivity (Wildman–Crippen MR) is 141 cm³/mol. The number of carbonyl (C=O) groups is 1. The molecule has 0 spiro atoms. The highest BCUT2D eigenvalue weighted by Crippen LogP contribution is 2.28. The Balaban J connectivity index is 1.60. The lowest BCUT2D eigenvalue weighted by molar-refractivity contribution is 0.0981. The molecule has 2 aromatic carbocycles. The van der Waals surface area contributed by atoms with Crippen molar-refractivity contribution in [3.8, 4) is 0 Å². The van der Waals surface area contributed by atoms with E-state index in [1.807, 2.05) is 54.4 Å². The van der Waals surface area contributed by atoms with Crippen LogP contribution >= 0.6 is 11.3 Å². The lowest BCUT2D eigenvalue weighted by Gasteiger charge is -2.23. The molecule has 4 aromatic rings. The molecule has 35 heavy (non-hydrogen) atoms. The summed E-state index contributed by atoms with van der Waals surface area (Å²) in [5.74, 6) is 0.284. The van der Waals surface area contributed by atoms with Gasteiger partial charge in [-0.3, -0.25) is 4.79 Å². The SMILES string of the molecule is CCN(CC)c1ccc(CN(C(=O)c2csc(N(C)c3ccccc3)n2)c2ccc(F)cc2)cn1. The van der Waals surface area contributed by atoms with Crippen molar-refractivity contribution in [2.24, 2.45) is 0 Å². The molecule has 0 saturated carbocycles. The van der Waals surface area contributed by atoms with E-state index < -0.39 is 0 Å². The zero-order chi connectivity index (χ0) is 24.8. The topological polar surface area (TPSA) is 52.6 Å². The van der Waals surface area contributed by atoms with Crippen LogP contribution in [-0.4, -0.2) is 36.0 Å². The monoisotopic (exact) mass is 489 g/mol. The molecular formula is C27H28FN5OS. The Kier molecular flexibility index (Phi) is 7.72. The molecule has 180 valence electrons. The first kappa shape index (κ1) is 24.3. The average Bonchev–Trinajstić information content (AvgIpc) is 3.39. The number of aromatic nitrogens is 2. The number of rotatable bonds is 9. The summed E-state index contributed by atoms with van der Waals surface area (Å²) in [6.07, 6.45) is 1.78. The minimum absolute atomic E-state index is 0.256. The van der Waals surface area contributed by atoms with Gasteiger partial charge in [-0.2, -0.15) is 0 Å². The van der Waals surface area contributed by atoms with Crippen molar-refractivity contribution in [1.29, 1.82) is 0 Å². The molecule has 0 saturated heterocycles. The number of pyridine rings is 1. The molecule has 2 heterocycles. The van der Waals surface area contributed by atoms with Crippen molar-refractivity contribution in [2.45, 2.75) is 20.4 Å². The quantitative estimate of drug-likeness (QED) is 0.283. The second-order valence-corrected chi connectivity index (χ2v) is 8.81. The minimum atomic E-state index is -0.355. The first-order chi connectivity index (χ1) is 17.0. The van der Waals surface area contributed by atoms with E-state index in [2.05, 4.69) is 28.7 Å². The molecule has 0 unspecified atom stereocenters. The molecule has 0 aliphatic rings. The molecule has 0 bridgehead atoms. The van der Waals surface area contributed by atoms with E-state index in [0.717, 1.165) is 30.2 Å². The summed E-state index contributed by atoms with van der Waals surface area (Å²) in [6, 6.07) is 19.7. The van der Waals surface area contributed by atoms with Crippen molar-refractivity contribution in [3.63, 3.8) is 0 Å². The van der Waals surface area contributed by atoms with E-state index in [-0.39, 0.29) is 18.3 Å². The molecule has 0 aliphatic carbocycles. The summed E-state index contributed by atoms with van der Waals surface area (Å²) in [7, 11) is 1.92. The van der Waals surface area contributed by atoms with Gasteiger partial charge in [-0.15, -0.1) is 11.3 Å². The number of carbonyl (C=O) groups excluding carboxylic acids is 1. The second kappa shape index (κ2) is 11.1. The van der Waals surface area contributed by atoms with E-state index in [4.69, 9.17) is 0 Å². The molecule has 0 aliphatic heterocycles. The molecule has 1 amide bonds. The molecule has 6 nitrogen and oxygen atoms in total. The number of hydrogen-bond acceptors (Lipinski definition) is 6. The Morgan fingerprint density at radius 1 is 0.943 bits per heavy atom. The van der Waals surface area contributed by atoms with Gasteiger partial charge in [0, 0.05) is 43.1 Å². The van der Waals surface area contributed by atoms with Gasteiger partial charge < -0.3 is 14.7 Å². The van der Waals surface area contributed by atoms with Gasteiger partial charge in [-0.1, -0.05) is 24.3 Å². The molecule has 0 atom stereocenters. The van der Waals surface area contributed by atoms with Crippen molar-refractivity contribution in [2.75, 3.05) is 34.8 Å². The Hall–Kier alpha value is -3.78. The fraction of sp³-hybridized carbons (Fsp3) is 0.222. The van der Waals surface area contributed by atoms with Gasteiger partial charge in [0.2, 0.25) is 0 Å². The fourth-order valence-corrected chi connectivity index (χ4v) is 4.53. The number of hydrogen-bond donors (Lipinski definition) is 0. The molecule has 0 N–H and O–H groups in total. The van der Waals surface area contributed by atoms with Crippen LogP contribution in [-0.2, 0) is 6.54 Å². The van der Waals surface area contributed by atoms with E-state index >= 15 is 0 Å². The second-order valence-electron chi connectivity index (χ2n) is 7.97. The van der Waals surface area contributed by atoms with Crippen LogP contribution in [0.2, 0.25) is 0 Å². The van der Waals surface area contributed by atoms with Gasteiger partial charge in [0.15, 0.2) is 5.13 Å². The van der Waals surface area contributed by atoms with Crippen molar-refractivity contribution < 1.29 is 9.18 Å². The lowest BCUT2D eigenvalue weighted by atomic mass is 10.2. The van der Waals surface area contributed by atoms with Crippen LogP contribution in [0.3, 0.4) is 0 Å². The van der Waals surface area contributed by atoms with Gasteiger partial charge in [0.25, 0.3) is 5.91 Å². The molecule has 2 aromatic heterocycles. The number of nitrogens with zero attached hydrogens (tertiary/aromatic N) is 5. The van der Waals surface area contributed by atoms with Crippen molar-refractivity contribution in [1.82, 2.24) is 9.97 Å². The van der Waals surface area contributed by atoms with E-state index in [9.17, 15) is 9.18 Å². The smallest absolute Gasteiger partial charge is 0.278 e.